The van der Waals surface area contributed by atoms with E-state index in [1.807, 2.05) is 0 Å². The number of thiazole rings is 1. The first-order chi connectivity index (χ1) is 14.2. The molecule has 3 aromatic rings. The molecule has 2 amide bonds. The molecule has 5 nitrogen and oxygen atoms in total. The maximum absolute atomic E-state index is 12.9. The average Bonchev–Trinajstić information content (AvgIpc) is 3.24. The van der Waals surface area contributed by atoms with Crippen molar-refractivity contribution in [2.45, 2.75) is 25.6 Å². The number of carbonyl (C=O) groups is 2. The molecule has 0 saturated heterocycles. The molecule has 1 heterocycles. The maximum atomic E-state index is 12.9. The second-order valence-electron chi connectivity index (χ2n) is 6.61. The van der Waals surface area contributed by atoms with Crippen LogP contribution in [0.2, 0.25) is 0 Å². The van der Waals surface area contributed by atoms with Crippen LogP contribution in [0.5, 0.6) is 0 Å². The number of benzene rings is 2. The molecule has 1 unspecified atom stereocenters. The second-order valence-corrected chi connectivity index (χ2v) is 7.33. The molecule has 1 aromatic heterocycles. The normalized spacial score (nSPS) is 12.3. The van der Waals surface area contributed by atoms with Crippen LogP contribution in [-0.2, 0) is 17.4 Å². The number of halogens is 3. The molecule has 0 aliphatic rings. The van der Waals surface area contributed by atoms with Crippen LogP contribution in [0.4, 0.5) is 18.9 Å². The summed E-state index contributed by atoms with van der Waals surface area (Å²) in [6, 6.07) is 11.1. The van der Waals surface area contributed by atoms with Crippen molar-refractivity contribution in [2.75, 3.05) is 5.32 Å². The first-order valence-corrected chi connectivity index (χ1v) is 9.91. The molecule has 0 aliphatic heterocycles. The Morgan fingerprint density at radius 2 is 1.87 bits per heavy atom. The van der Waals surface area contributed by atoms with Crippen molar-refractivity contribution >= 4 is 28.8 Å². The SMILES string of the molecule is CC(NC(=O)Cc1ccc(NC(=O)c2cscn2)cc1)c1cccc(C(F)(F)F)c1. The Balaban J connectivity index is 1.56. The summed E-state index contributed by atoms with van der Waals surface area (Å²) in [5, 5.41) is 7.05. The van der Waals surface area contributed by atoms with Crippen molar-refractivity contribution in [1.82, 2.24) is 10.3 Å². The monoisotopic (exact) mass is 433 g/mol. The molecule has 156 valence electrons. The predicted molar refractivity (Wildman–Crippen MR) is 108 cm³/mol. The molecular weight excluding hydrogens is 415 g/mol. The maximum Gasteiger partial charge on any atom is 0.416 e. The van der Waals surface area contributed by atoms with Gasteiger partial charge in [0.05, 0.1) is 23.5 Å². The first kappa shape index (κ1) is 21.5. The summed E-state index contributed by atoms with van der Waals surface area (Å²) in [4.78, 5) is 28.2. The Morgan fingerprint density at radius 3 is 2.50 bits per heavy atom. The highest BCUT2D eigenvalue weighted by Crippen LogP contribution is 2.30. The van der Waals surface area contributed by atoms with Crippen LogP contribution in [0.15, 0.2) is 59.4 Å². The topological polar surface area (TPSA) is 71.1 Å². The van der Waals surface area contributed by atoms with Crippen molar-refractivity contribution in [1.29, 1.82) is 0 Å². The van der Waals surface area contributed by atoms with Gasteiger partial charge in [-0.05, 0) is 42.3 Å². The number of hydrogen-bond acceptors (Lipinski definition) is 4. The fraction of sp³-hybridized carbons (Fsp3) is 0.190. The third kappa shape index (κ3) is 5.66. The van der Waals surface area contributed by atoms with Gasteiger partial charge in [-0.1, -0.05) is 24.3 Å². The van der Waals surface area contributed by atoms with E-state index in [9.17, 15) is 22.8 Å². The lowest BCUT2D eigenvalue weighted by Gasteiger charge is -2.16. The smallest absolute Gasteiger partial charge is 0.349 e. The van der Waals surface area contributed by atoms with Crippen LogP contribution in [0.1, 0.15) is 40.1 Å². The van der Waals surface area contributed by atoms with Crippen molar-refractivity contribution in [3.05, 3.63) is 81.8 Å². The Hall–Kier alpha value is -3.20. The molecule has 2 N–H and O–H groups in total. The minimum atomic E-state index is -4.43. The Bertz CT molecular complexity index is 1020. The van der Waals surface area contributed by atoms with Gasteiger partial charge in [0.15, 0.2) is 0 Å². The number of anilines is 1. The molecule has 0 spiro atoms. The summed E-state index contributed by atoms with van der Waals surface area (Å²) in [6.07, 6.45) is -4.37. The number of hydrogen-bond donors (Lipinski definition) is 2. The third-order valence-electron chi connectivity index (χ3n) is 4.33. The fourth-order valence-electron chi connectivity index (χ4n) is 2.77. The lowest BCUT2D eigenvalue weighted by molar-refractivity contribution is -0.137. The molecule has 2 aromatic carbocycles. The largest absolute Gasteiger partial charge is 0.416 e. The van der Waals surface area contributed by atoms with Gasteiger partial charge < -0.3 is 10.6 Å². The van der Waals surface area contributed by atoms with Gasteiger partial charge in [-0.3, -0.25) is 9.59 Å². The van der Waals surface area contributed by atoms with E-state index in [-0.39, 0.29) is 18.2 Å². The molecule has 0 aliphatic carbocycles. The van der Waals surface area contributed by atoms with E-state index in [1.54, 1.807) is 48.1 Å². The van der Waals surface area contributed by atoms with E-state index in [0.29, 0.717) is 22.5 Å². The van der Waals surface area contributed by atoms with E-state index in [0.717, 1.165) is 12.1 Å². The molecular formula is C21H18F3N3O2S. The van der Waals surface area contributed by atoms with E-state index < -0.39 is 17.8 Å². The standard InChI is InChI=1S/C21H18F3N3O2S/c1-13(15-3-2-4-16(10-15)21(22,23)24)26-19(28)9-14-5-7-17(8-6-14)27-20(29)18-11-30-12-25-18/h2-8,10-13H,9H2,1H3,(H,26,28)(H,27,29). The third-order valence-corrected chi connectivity index (χ3v) is 4.92. The lowest BCUT2D eigenvalue weighted by Crippen LogP contribution is -2.28. The molecule has 9 heteroatoms. The Labute approximate surface area is 175 Å². The zero-order valence-electron chi connectivity index (χ0n) is 15.9. The van der Waals surface area contributed by atoms with Gasteiger partial charge in [-0.15, -0.1) is 11.3 Å². The summed E-state index contributed by atoms with van der Waals surface area (Å²) < 4.78 is 38.6. The van der Waals surface area contributed by atoms with Crippen LogP contribution in [0.25, 0.3) is 0 Å². The van der Waals surface area contributed by atoms with Gasteiger partial charge in [0.2, 0.25) is 5.91 Å². The fourth-order valence-corrected chi connectivity index (χ4v) is 3.30. The zero-order valence-corrected chi connectivity index (χ0v) is 16.7. The number of nitrogens with zero attached hydrogens (tertiary/aromatic N) is 1. The summed E-state index contributed by atoms with van der Waals surface area (Å²) >= 11 is 1.32. The highest BCUT2D eigenvalue weighted by atomic mass is 32.1. The average molecular weight is 433 g/mol. The minimum Gasteiger partial charge on any atom is -0.349 e. The number of alkyl halides is 3. The van der Waals surface area contributed by atoms with Crippen molar-refractivity contribution in [2.24, 2.45) is 0 Å². The highest BCUT2D eigenvalue weighted by Gasteiger charge is 2.30. The molecule has 1 atom stereocenters. The van der Waals surface area contributed by atoms with Gasteiger partial charge in [-0.25, -0.2) is 4.98 Å². The van der Waals surface area contributed by atoms with Crippen LogP contribution in [-0.4, -0.2) is 16.8 Å². The van der Waals surface area contributed by atoms with Crippen molar-refractivity contribution in [3.8, 4) is 0 Å². The quantitative estimate of drug-likeness (QED) is 0.585. The van der Waals surface area contributed by atoms with Gasteiger partial charge in [-0.2, -0.15) is 13.2 Å². The minimum absolute atomic E-state index is 0.0591. The number of aromatic nitrogens is 1. The lowest BCUT2D eigenvalue weighted by atomic mass is 10.0. The van der Waals surface area contributed by atoms with Gasteiger partial charge in [0.1, 0.15) is 5.69 Å². The number of carbonyl (C=O) groups excluding carboxylic acids is 2. The zero-order chi connectivity index (χ0) is 21.7. The number of rotatable bonds is 6. The molecule has 0 bridgehead atoms. The highest BCUT2D eigenvalue weighted by molar-refractivity contribution is 7.07. The van der Waals surface area contributed by atoms with Crippen molar-refractivity contribution in [3.63, 3.8) is 0 Å². The van der Waals surface area contributed by atoms with Gasteiger partial charge in [0, 0.05) is 11.1 Å². The van der Waals surface area contributed by atoms with Gasteiger partial charge in [0.25, 0.3) is 5.91 Å². The van der Waals surface area contributed by atoms with Crippen LogP contribution < -0.4 is 10.6 Å². The van der Waals surface area contributed by atoms with Crippen molar-refractivity contribution < 1.29 is 22.8 Å². The van der Waals surface area contributed by atoms with E-state index in [1.165, 1.54) is 17.4 Å². The van der Waals surface area contributed by atoms with E-state index in [4.69, 9.17) is 0 Å². The summed E-state index contributed by atoms with van der Waals surface area (Å²) in [7, 11) is 0. The summed E-state index contributed by atoms with van der Waals surface area (Å²) in [5.41, 5.74) is 2.78. The van der Waals surface area contributed by atoms with Crippen LogP contribution in [0, 0.1) is 0 Å². The van der Waals surface area contributed by atoms with Gasteiger partial charge >= 0.3 is 6.18 Å². The summed E-state index contributed by atoms with van der Waals surface area (Å²) in [6.45, 7) is 1.63. The summed E-state index contributed by atoms with van der Waals surface area (Å²) in [5.74, 6) is -0.643. The molecule has 3 rings (SSSR count). The van der Waals surface area contributed by atoms with Crippen LogP contribution >= 0.6 is 11.3 Å². The van der Waals surface area contributed by atoms with E-state index >= 15 is 0 Å². The second kappa shape index (κ2) is 9.08. The van der Waals surface area contributed by atoms with Crippen LogP contribution in [0.3, 0.4) is 0 Å². The molecule has 0 fully saturated rings. The number of amides is 2. The first-order valence-electron chi connectivity index (χ1n) is 8.97. The Morgan fingerprint density at radius 1 is 1.13 bits per heavy atom. The number of nitrogens with one attached hydrogen (secondary N) is 2. The van der Waals surface area contributed by atoms with E-state index in [2.05, 4.69) is 15.6 Å². The molecule has 30 heavy (non-hydrogen) atoms. The predicted octanol–water partition coefficient (Wildman–Crippen LogP) is 4.83. The molecule has 0 radical (unpaired) electrons. The Kier molecular flexibility index (Phi) is 6.51. The molecule has 0 saturated carbocycles.